The number of hydrogen-bond donors (Lipinski definition) is 0. The number of carbonyl (C=O) groups excluding carboxylic acids is 1. The van der Waals surface area contributed by atoms with Gasteiger partial charge < -0.3 is 13.9 Å². The zero-order valence-corrected chi connectivity index (χ0v) is 19.4. The lowest BCUT2D eigenvalue weighted by atomic mass is 10.1. The average molecular weight is 533 g/mol. The molecule has 9 heteroatoms. The molecule has 0 fully saturated rings. The van der Waals surface area contributed by atoms with Crippen LogP contribution in [0.25, 0.3) is 11.0 Å². The Labute approximate surface area is 199 Å². The van der Waals surface area contributed by atoms with Crippen molar-refractivity contribution in [3.63, 3.8) is 0 Å². The molecule has 0 N–H and O–H groups in total. The molecule has 0 saturated heterocycles. The molecule has 0 aliphatic heterocycles. The molecule has 5 nitrogen and oxygen atoms in total. The van der Waals surface area contributed by atoms with Crippen LogP contribution in [-0.2, 0) is 6.18 Å². The Balaban J connectivity index is 1.78. The molecule has 0 aliphatic carbocycles. The lowest BCUT2D eigenvalue weighted by Gasteiger charge is -2.14. The highest BCUT2D eigenvalue weighted by Crippen LogP contribution is 2.39. The van der Waals surface area contributed by atoms with Gasteiger partial charge in [0.05, 0.1) is 10.9 Å². The molecule has 0 amide bonds. The number of carbonyl (C=O) groups is 1. The van der Waals surface area contributed by atoms with Crippen molar-refractivity contribution >= 4 is 32.9 Å². The number of fused-ring (bicyclic) bond motifs is 1. The van der Waals surface area contributed by atoms with E-state index in [0.29, 0.717) is 4.47 Å². The Morgan fingerprint density at radius 2 is 1.62 bits per heavy atom. The smallest absolute Gasteiger partial charge is 0.449 e. The second kappa shape index (κ2) is 8.98. The van der Waals surface area contributed by atoms with Gasteiger partial charge in [0.2, 0.25) is 11.2 Å². The van der Waals surface area contributed by atoms with E-state index in [-0.39, 0.29) is 22.4 Å². The fraction of sp³-hybridized carbons (Fsp3) is 0.120. The second-order valence-electron chi connectivity index (χ2n) is 7.54. The molecule has 0 unspecified atom stereocenters. The van der Waals surface area contributed by atoms with E-state index in [0.717, 1.165) is 17.2 Å². The van der Waals surface area contributed by atoms with Crippen molar-refractivity contribution in [2.45, 2.75) is 20.0 Å². The summed E-state index contributed by atoms with van der Waals surface area (Å²) < 4.78 is 57.6. The summed E-state index contributed by atoms with van der Waals surface area (Å²) in [6.07, 6.45) is -5.01. The summed E-state index contributed by atoms with van der Waals surface area (Å²) in [4.78, 5) is 25.4. The maximum Gasteiger partial charge on any atom is 0.453 e. The predicted octanol–water partition coefficient (Wildman–Crippen LogP) is 7.20. The van der Waals surface area contributed by atoms with E-state index >= 15 is 0 Å². The average Bonchev–Trinajstić information content (AvgIpc) is 2.74. The third-order valence-electron chi connectivity index (χ3n) is 4.80. The number of rotatable bonds is 4. The first-order valence-electron chi connectivity index (χ1n) is 9.94. The molecule has 0 atom stereocenters. The molecular formula is C25H16BrF3O5. The lowest BCUT2D eigenvalue weighted by molar-refractivity contribution is -0.154. The third kappa shape index (κ3) is 4.84. The van der Waals surface area contributed by atoms with E-state index in [1.165, 1.54) is 30.3 Å². The SMILES string of the molecule is Cc1cc(C)cc(Oc2c(C(F)(F)F)oc3cc(OC(=O)c4ccccc4Br)ccc3c2=O)c1. The van der Waals surface area contributed by atoms with Crippen LogP contribution in [-0.4, -0.2) is 5.97 Å². The zero-order chi connectivity index (χ0) is 24.6. The van der Waals surface area contributed by atoms with Crippen molar-refractivity contribution in [2.24, 2.45) is 0 Å². The molecule has 4 aromatic rings. The maximum atomic E-state index is 13.8. The topological polar surface area (TPSA) is 65.7 Å². The Hall–Kier alpha value is -3.59. The van der Waals surface area contributed by atoms with Crippen LogP contribution in [0.5, 0.6) is 17.2 Å². The standard InChI is InChI=1S/C25H16BrF3O5/c1-13-9-14(2)11-16(10-13)32-22-21(30)18-8-7-15(12-20(18)34-23(22)25(27,28)29)33-24(31)17-5-3-4-6-19(17)26/h3-12H,1-2H3. The third-order valence-corrected chi connectivity index (χ3v) is 5.49. The van der Waals surface area contributed by atoms with Crippen LogP contribution in [0.15, 0.2) is 74.3 Å². The quantitative estimate of drug-likeness (QED) is 0.205. The van der Waals surface area contributed by atoms with E-state index in [4.69, 9.17) is 13.9 Å². The van der Waals surface area contributed by atoms with Gasteiger partial charge in [0.15, 0.2) is 0 Å². The van der Waals surface area contributed by atoms with Crippen LogP contribution >= 0.6 is 15.9 Å². The van der Waals surface area contributed by atoms with Gasteiger partial charge in [-0.25, -0.2) is 4.79 Å². The molecule has 1 aromatic heterocycles. The van der Waals surface area contributed by atoms with E-state index in [1.54, 1.807) is 32.0 Å². The van der Waals surface area contributed by atoms with E-state index in [2.05, 4.69) is 15.9 Å². The predicted molar refractivity (Wildman–Crippen MR) is 123 cm³/mol. The summed E-state index contributed by atoms with van der Waals surface area (Å²) in [5, 5.41) is -0.159. The molecular weight excluding hydrogens is 517 g/mol. The number of esters is 1. The molecule has 3 aromatic carbocycles. The van der Waals surface area contributed by atoms with Gasteiger partial charge in [-0.05, 0) is 77.3 Å². The fourth-order valence-electron chi connectivity index (χ4n) is 3.40. The maximum absolute atomic E-state index is 13.8. The molecule has 0 saturated carbocycles. The summed E-state index contributed by atoms with van der Waals surface area (Å²) in [6, 6.07) is 14.9. The molecule has 0 bridgehead atoms. The highest BCUT2D eigenvalue weighted by atomic mass is 79.9. The van der Waals surface area contributed by atoms with Crippen molar-refractivity contribution in [1.29, 1.82) is 0 Å². The van der Waals surface area contributed by atoms with Gasteiger partial charge in [-0.1, -0.05) is 18.2 Å². The lowest BCUT2D eigenvalue weighted by Crippen LogP contribution is -2.16. The first-order valence-corrected chi connectivity index (χ1v) is 10.7. The number of hydrogen-bond acceptors (Lipinski definition) is 5. The van der Waals surface area contributed by atoms with Gasteiger partial charge in [-0.3, -0.25) is 4.79 Å². The van der Waals surface area contributed by atoms with Crippen LogP contribution in [0.4, 0.5) is 13.2 Å². The summed E-state index contributed by atoms with van der Waals surface area (Å²) in [5.41, 5.74) is 0.326. The first-order chi connectivity index (χ1) is 16.0. The molecule has 0 aliphatic rings. The van der Waals surface area contributed by atoms with E-state index in [1.807, 2.05) is 6.07 Å². The van der Waals surface area contributed by atoms with Crippen molar-refractivity contribution in [1.82, 2.24) is 0 Å². The molecule has 1 heterocycles. The van der Waals surface area contributed by atoms with E-state index < -0.39 is 34.7 Å². The summed E-state index contributed by atoms with van der Waals surface area (Å²) >= 11 is 3.24. The number of halogens is 4. The Morgan fingerprint density at radius 3 is 2.26 bits per heavy atom. The van der Waals surface area contributed by atoms with Gasteiger partial charge in [-0.2, -0.15) is 13.2 Å². The first kappa shape index (κ1) is 23.6. The summed E-state index contributed by atoms with van der Waals surface area (Å²) in [5.74, 6) is -3.30. The number of benzene rings is 3. The van der Waals surface area contributed by atoms with Gasteiger partial charge in [0, 0.05) is 10.5 Å². The van der Waals surface area contributed by atoms with Crippen molar-refractivity contribution in [3.05, 3.63) is 97.8 Å². The normalized spacial score (nSPS) is 11.5. The minimum atomic E-state index is -5.01. The number of ether oxygens (including phenoxy) is 2. The molecule has 4 rings (SSSR count). The molecule has 0 radical (unpaired) electrons. The van der Waals surface area contributed by atoms with Gasteiger partial charge in [-0.15, -0.1) is 0 Å². The van der Waals surface area contributed by atoms with Crippen LogP contribution in [0.1, 0.15) is 27.2 Å². The molecule has 174 valence electrons. The van der Waals surface area contributed by atoms with Gasteiger partial charge >= 0.3 is 12.1 Å². The Bertz CT molecular complexity index is 1450. The van der Waals surface area contributed by atoms with Crippen molar-refractivity contribution < 1.29 is 31.9 Å². The Kier molecular flexibility index (Phi) is 6.22. The van der Waals surface area contributed by atoms with Crippen molar-refractivity contribution in [3.8, 4) is 17.2 Å². The second-order valence-corrected chi connectivity index (χ2v) is 8.39. The number of aryl methyl sites for hydroxylation is 2. The largest absolute Gasteiger partial charge is 0.453 e. The van der Waals surface area contributed by atoms with Crippen LogP contribution in [0.3, 0.4) is 0 Å². The van der Waals surface area contributed by atoms with Crippen molar-refractivity contribution in [2.75, 3.05) is 0 Å². The minimum Gasteiger partial charge on any atom is -0.449 e. The van der Waals surface area contributed by atoms with Gasteiger partial charge in [0.25, 0.3) is 5.76 Å². The zero-order valence-electron chi connectivity index (χ0n) is 17.8. The van der Waals surface area contributed by atoms with Crippen LogP contribution < -0.4 is 14.9 Å². The van der Waals surface area contributed by atoms with E-state index in [9.17, 15) is 22.8 Å². The molecule has 0 spiro atoms. The fourth-order valence-corrected chi connectivity index (χ4v) is 3.84. The minimum absolute atomic E-state index is 0.0774. The summed E-state index contributed by atoms with van der Waals surface area (Å²) in [6.45, 7) is 3.51. The highest BCUT2D eigenvalue weighted by Gasteiger charge is 2.40. The highest BCUT2D eigenvalue weighted by molar-refractivity contribution is 9.10. The monoisotopic (exact) mass is 532 g/mol. The van der Waals surface area contributed by atoms with Gasteiger partial charge in [0.1, 0.15) is 17.1 Å². The Morgan fingerprint density at radius 1 is 0.941 bits per heavy atom. The molecule has 34 heavy (non-hydrogen) atoms. The van der Waals surface area contributed by atoms with Crippen LogP contribution in [0.2, 0.25) is 0 Å². The van der Waals surface area contributed by atoms with Crippen LogP contribution in [0, 0.1) is 13.8 Å². The number of alkyl halides is 3. The summed E-state index contributed by atoms with van der Waals surface area (Å²) in [7, 11) is 0.